The van der Waals surface area contributed by atoms with E-state index in [1.165, 1.54) is 6.20 Å². The Morgan fingerprint density at radius 3 is 2.95 bits per heavy atom. The Kier molecular flexibility index (Phi) is 4.64. The van der Waals surface area contributed by atoms with Gasteiger partial charge in [0.05, 0.1) is 18.8 Å². The Labute approximate surface area is 116 Å². The quantitative estimate of drug-likeness (QED) is 0.886. The highest BCUT2D eigenvalue weighted by atomic mass is 79.9. The normalized spacial score (nSPS) is 20.3. The van der Waals surface area contributed by atoms with Crippen LogP contribution in [0.25, 0.3) is 0 Å². The first-order valence-electron chi connectivity index (χ1n) is 5.74. The van der Waals surface area contributed by atoms with E-state index < -0.39 is 11.7 Å². The fourth-order valence-electron chi connectivity index (χ4n) is 1.77. The van der Waals surface area contributed by atoms with Crippen molar-refractivity contribution < 1.29 is 17.9 Å². The van der Waals surface area contributed by atoms with Crippen molar-refractivity contribution >= 4 is 21.7 Å². The zero-order valence-corrected chi connectivity index (χ0v) is 11.5. The summed E-state index contributed by atoms with van der Waals surface area (Å²) in [7, 11) is 0. The van der Waals surface area contributed by atoms with Gasteiger partial charge in [0.2, 0.25) is 0 Å². The molecule has 0 amide bonds. The van der Waals surface area contributed by atoms with Gasteiger partial charge in [0.25, 0.3) is 0 Å². The van der Waals surface area contributed by atoms with Crippen molar-refractivity contribution in [3.63, 3.8) is 0 Å². The first-order chi connectivity index (χ1) is 8.97. The van der Waals surface area contributed by atoms with Gasteiger partial charge in [-0.25, -0.2) is 4.98 Å². The van der Waals surface area contributed by atoms with Gasteiger partial charge in [0.15, 0.2) is 0 Å². The molecule has 1 aromatic rings. The minimum Gasteiger partial charge on any atom is -0.378 e. The number of nitrogens with one attached hydrogen (secondary N) is 2. The van der Waals surface area contributed by atoms with Crippen LogP contribution < -0.4 is 10.6 Å². The molecule has 0 aliphatic carbocycles. The minimum absolute atomic E-state index is 0.0136. The Bertz CT molecular complexity index is 436. The highest BCUT2D eigenvalue weighted by Crippen LogP contribution is 2.35. The Hall–Kier alpha value is -0.860. The molecule has 0 saturated carbocycles. The van der Waals surface area contributed by atoms with Crippen molar-refractivity contribution in [2.45, 2.75) is 12.2 Å². The van der Waals surface area contributed by atoms with Gasteiger partial charge in [-0.3, -0.25) is 0 Å². The number of hydrogen-bond donors (Lipinski definition) is 2. The molecule has 0 aromatic carbocycles. The smallest absolute Gasteiger partial charge is 0.378 e. The lowest BCUT2D eigenvalue weighted by atomic mass is 10.2. The van der Waals surface area contributed by atoms with E-state index >= 15 is 0 Å². The number of ether oxygens (including phenoxy) is 1. The maximum absolute atomic E-state index is 12.9. The van der Waals surface area contributed by atoms with E-state index in [1.807, 2.05) is 0 Å². The van der Waals surface area contributed by atoms with Gasteiger partial charge in [-0.1, -0.05) is 0 Å². The zero-order valence-electron chi connectivity index (χ0n) is 9.93. The van der Waals surface area contributed by atoms with Gasteiger partial charge >= 0.3 is 6.18 Å². The van der Waals surface area contributed by atoms with Crippen LogP contribution >= 0.6 is 15.9 Å². The topological polar surface area (TPSA) is 46.2 Å². The number of aromatic nitrogens is 1. The first-order valence-corrected chi connectivity index (χ1v) is 6.54. The minimum atomic E-state index is -4.43. The van der Waals surface area contributed by atoms with Crippen LogP contribution in [0.5, 0.6) is 0 Å². The summed E-state index contributed by atoms with van der Waals surface area (Å²) in [4.78, 5) is 3.78. The Morgan fingerprint density at radius 2 is 2.32 bits per heavy atom. The van der Waals surface area contributed by atoms with Crippen molar-refractivity contribution in [1.29, 1.82) is 0 Å². The highest BCUT2D eigenvalue weighted by molar-refractivity contribution is 9.10. The van der Waals surface area contributed by atoms with Crippen molar-refractivity contribution in [2.75, 3.05) is 31.6 Å². The molecule has 2 rings (SSSR count). The second-order valence-electron chi connectivity index (χ2n) is 4.15. The van der Waals surface area contributed by atoms with Crippen LogP contribution in [0.4, 0.5) is 19.0 Å². The van der Waals surface area contributed by atoms with Crippen LogP contribution in [0.1, 0.15) is 5.56 Å². The third-order valence-electron chi connectivity index (χ3n) is 2.67. The van der Waals surface area contributed by atoms with E-state index in [-0.39, 0.29) is 11.9 Å². The fraction of sp³-hybridized carbons (Fsp3) is 0.545. The standard InChI is InChI=1S/C11H13BrF3N3O/c12-7-3-9(11(13,14)15)10(17-4-7)18-5-8-6-19-2-1-16-8/h3-4,8,16H,1-2,5-6H2,(H,17,18). The molecule has 1 aliphatic rings. The average Bonchev–Trinajstić information content (AvgIpc) is 2.37. The number of hydrogen-bond acceptors (Lipinski definition) is 4. The molecule has 1 aliphatic heterocycles. The first kappa shape index (κ1) is 14.5. The summed E-state index contributed by atoms with van der Waals surface area (Å²) < 4.78 is 44.1. The third kappa shape index (κ3) is 4.05. The molecule has 0 radical (unpaired) electrons. The largest absolute Gasteiger partial charge is 0.419 e. The Morgan fingerprint density at radius 1 is 1.53 bits per heavy atom. The summed E-state index contributed by atoms with van der Waals surface area (Å²) in [5.74, 6) is -0.164. The van der Waals surface area contributed by atoms with Gasteiger partial charge in [-0.05, 0) is 22.0 Å². The monoisotopic (exact) mass is 339 g/mol. The van der Waals surface area contributed by atoms with Gasteiger partial charge in [-0.15, -0.1) is 0 Å². The summed E-state index contributed by atoms with van der Waals surface area (Å²) >= 11 is 2.99. The van der Waals surface area contributed by atoms with E-state index in [9.17, 15) is 13.2 Å². The summed E-state index contributed by atoms with van der Waals surface area (Å²) in [6, 6.07) is 1.00. The highest BCUT2D eigenvalue weighted by Gasteiger charge is 2.34. The summed E-state index contributed by atoms with van der Waals surface area (Å²) in [6.07, 6.45) is -3.10. The summed E-state index contributed by atoms with van der Waals surface area (Å²) in [5, 5.41) is 5.88. The molecule has 0 spiro atoms. The lowest BCUT2D eigenvalue weighted by Crippen LogP contribution is -2.45. The molecule has 1 fully saturated rings. The zero-order chi connectivity index (χ0) is 13.9. The number of anilines is 1. The molecule has 106 valence electrons. The van der Waals surface area contributed by atoms with Gasteiger partial charge < -0.3 is 15.4 Å². The fourth-order valence-corrected chi connectivity index (χ4v) is 2.10. The summed E-state index contributed by atoms with van der Waals surface area (Å²) in [6.45, 7) is 2.13. The molecule has 2 N–H and O–H groups in total. The molecule has 19 heavy (non-hydrogen) atoms. The van der Waals surface area contributed by atoms with Crippen molar-refractivity contribution in [3.05, 3.63) is 22.3 Å². The van der Waals surface area contributed by atoms with Gasteiger partial charge in [0.1, 0.15) is 5.82 Å². The van der Waals surface area contributed by atoms with E-state index in [0.29, 0.717) is 30.8 Å². The van der Waals surface area contributed by atoms with Crippen LogP contribution in [-0.2, 0) is 10.9 Å². The molecule has 1 atom stereocenters. The molecule has 8 heteroatoms. The molecular formula is C11H13BrF3N3O. The number of rotatable bonds is 3. The van der Waals surface area contributed by atoms with Crippen LogP contribution in [0.2, 0.25) is 0 Å². The number of alkyl halides is 3. The third-order valence-corrected chi connectivity index (χ3v) is 3.11. The average molecular weight is 340 g/mol. The SMILES string of the molecule is FC(F)(F)c1cc(Br)cnc1NCC1COCCN1. The van der Waals surface area contributed by atoms with Crippen molar-refractivity contribution in [1.82, 2.24) is 10.3 Å². The predicted octanol–water partition coefficient (Wildman–Crippen LogP) is 2.26. The predicted molar refractivity (Wildman–Crippen MR) is 68.0 cm³/mol. The molecule has 4 nitrogen and oxygen atoms in total. The Balaban J connectivity index is 2.06. The number of morpholine rings is 1. The van der Waals surface area contributed by atoms with Crippen LogP contribution in [0, 0.1) is 0 Å². The molecule has 2 heterocycles. The summed E-state index contributed by atoms with van der Waals surface area (Å²) in [5.41, 5.74) is -0.779. The molecule has 1 aromatic heterocycles. The van der Waals surface area contributed by atoms with Gasteiger partial charge in [-0.2, -0.15) is 13.2 Å². The molecule has 1 unspecified atom stereocenters. The van der Waals surface area contributed by atoms with Crippen LogP contribution in [0.3, 0.4) is 0 Å². The number of nitrogens with zero attached hydrogens (tertiary/aromatic N) is 1. The maximum atomic E-state index is 12.9. The van der Waals surface area contributed by atoms with Crippen LogP contribution in [-0.4, -0.2) is 37.3 Å². The second-order valence-corrected chi connectivity index (χ2v) is 5.07. The van der Waals surface area contributed by atoms with E-state index in [0.717, 1.165) is 6.07 Å². The van der Waals surface area contributed by atoms with E-state index in [2.05, 4.69) is 31.5 Å². The van der Waals surface area contributed by atoms with E-state index in [4.69, 9.17) is 4.74 Å². The molecule has 0 bridgehead atoms. The van der Waals surface area contributed by atoms with E-state index in [1.54, 1.807) is 0 Å². The lowest BCUT2D eigenvalue weighted by molar-refractivity contribution is -0.137. The van der Waals surface area contributed by atoms with Gasteiger partial charge in [0, 0.05) is 29.8 Å². The molecule has 1 saturated heterocycles. The molecular weight excluding hydrogens is 327 g/mol. The van der Waals surface area contributed by atoms with Crippen molar-refractivity contribution in [2.24, 2.45) is 0 Å². The lowest BCUT2D eigenvalue weighted by Gasteiger charge is -2.24. The van der Waals surface area contributed by atoms with Crippen LogP contribution in [0.15, 0.2) is 16.7 Å². The maximum Gasteiger partial charge on any atom is 0.419 e. The van der Waals surface area contributed by atoms with Crippen molar-refractivity contribution in [3.8, 4) is 0 Å². The number of halogens is 4. The number of pyridine rings is 1. The second kappa shape index (κ2) is 6.06.